The van der Waals surface area contributed by atoms with Crippen molar-refractivity contribution in [1.29, 1.82) is 0 Å². The lowest BCUT2D eigenvalue weighted by Gasteiger charge is -2.11. The summed E-state index contributed by atoms with van der Waals surface area (Å²) in [5.74, 6) is 1.04. The molecule has 0 aliphatic rings. The number of aryl methyl sites for hydroxylation is 1. The molecule has 0 fully saturated rings. The summed E-state index contributed by atoms with van der Waals surface area (Å²) >= 11 is 0. The van der Waals surface area contributed by atoms with Crippen molar-refractivity contribution in [3.63, 3.8) is 0 Å². The number of nitrogen functional groups attached to an aromatic ring is 1. The first kappa shape index (κ1) is 18.6. The van der Waals surface area contributed by atoms with Gasteiger partial charge in [0.25, 0.3) is 0 Å². The van der Waals surface area contributed by atoms with E-state index in [0.29, 0.717) is 36.8 Å². The fraction of sp³-hybridized carbons (Fsp3) is 0.350. The summed E-state index contributed by atoms with van der Waals surface area (Å²) < 4.78 is 16.4. The van der Waals surface area contributed by atoms with Gasteiger partial charge in [-0.15, -0.1) is 0 Å². The van der Waals surface area contributed by atoms with Gasteiger partial charge in [-0.25, -0.2) is 4.79 Å². The van der Waals surface area contributed by atoms with E-state index >= 15 is 0 Å². The minimum atomic E-state index is -0.376. The maximum atomic E-state index is 11.8. The third kappa shape index (κ3) is 5.71. The SMILES string of the molecule is CCOC(=O)c1ccc(N)c(OCCCCOc2ccccc2C)c1. The molecule has 2 aromatic rings. The lowest BCUT2D eigenvalue weighted by molar-refractivity contribution is 0.0526. The monoisotopic (exact) mass is 343 g/mol. The largest absolute Gasteiger partial charge is 0.493 e. The topological polar surface area (TPSA) is 70.8 Å². The Morgan fingerprint density at radius 3 is 2.36 bits per heavy atom. The normalized spacial score (nSPS) is 10.3. The van der Waals surface area contributed by atoms with Crippen molar-refractivity contribution in [2.45, 2.75) is 26.7 Å². The van der Waals surface area contributed by atoms with Crippen LogP contribution in [-0.2, 0) is 4.74 Å². The summed E-state index contributed by atoms with van der Waals surface area (Å²) in [5, 5.41) is 0. The lowest BCUT2D eigenvalue weighted by atomic mass is 10.2. The molecule has 0 aliphatic heterocycles. The average molecular weight is 343 g/mol. The zero-order chi connectivity index (χ0) is 18.1. The van der Waals surface area contributed by atoms with Gasteiger partial charge in [0.1, 0.15) is 11.5 Å². The second kappa shape index (κ2) is 9.57. The first-order valence-electron chi connectivity index (χ1n) is 8.49. The molecule has 5 heteroatoms. The third-order valence-electron chi connectivity index (χ3n) is 3.67. The van der Waals surface area contributed by atoms with Crippen molar-refractivity contribution in [3.05, 3.63) is 53.6 Å². The molecule has 0 aromatic heterocycles. The molecule has 0 amide bonds. The standard InChI is InChI=1S/C20H25NO4/c1-3-23-20(22)16-10-11-17(21)19(14-16)25-13-7-6-12-24-18-9-5-4-8-15(18)2/h4-5,8-11,14H,3,6-7,12-13,21H2,1-2H3. The van der Waals surface area contributed by atoms with Gasteiger partial charge in [-0.3, -0.25) is 0 Å². The summed E-state index contributed by atoms with van der Waals surface area (Å²) in [4.78, 5) is 11.8. The molecular weight excluding hydrogens is 318 g/mol. The Hall–Kier alpha value is -2.69. The highest BCUT2D eigenvalue weighted by atomic mass is 16.5. The minimum absolute atomic E-state index is 0.334. The molecule has 0 aliphatic carbocycles. The molecule has 0 heterocycles. The van der Waals surface area contributed by atoms with Gasteiger partial charge in [0.15, 0.2) is 0 Å². The maximum Gasteiger partial charge on any atom is 0.338 e. The smallest absolute Gasteiger partial charge is 0.338 e. The molecule has 2 aromatic carbocycles. The highest BCUT2D eigenvalue weighted by Gasteiger charge is 2.10. The van der Waals surface area contributed by atoms with Crippen LogP contribution in [0, 0.1) is 6.92 Å². The van der Waals surface area contributed by atoms with Gasteiger partial charge in [0.05, 0.1) is 31.1 Å². The number of nitrogens with two attached hydrogens (primary N) is 1. The van der Waals surface area contributed by atoms with E-state index < -0.39 is 0 Å². The zero-order valence-corrected chi connectivity index (χ0v) is 14.8. The zero-order valence-electron chi connectivity index (χ0n) is 14.8. The number of esters is 1. The molecule has 0 radical (unpaired) electrons. The van der Waals surface area contributed by atoms with Crippen LogP contribution >= 0.6 is 0 Å². The van der Waals surface area contributed by atoms with Crippen LogP contribution in [0.2, 0.25) is 0 Å². The van der Waals surface area contributed by atoms with Gasteiger partial charge >= 0.3 is 5.97 Å². The van der Waals surface area contributed by atoms with Crippen LogP contribution in [0.25, 0.3) is 0 Å². The predicted octanol–water partition coefficient (Wildman–Crippen LogP) is 3.99. The van der Waals surface area contributed by atoms with Crippen molar-refractivity contribution >= 4 is 11.7 Å². The molecule has 0 unspecified atom stereocenters. The second-order valence-electron chi connectivity index (χ2n) is 5.64. The molecule has 0 atom stereocenters. The number of hydrogen-bond donors (Lipinski definition) is 1. The van der Waals surface area contributed by atoms with Gasteiger partial charge in [0, 0.05) is 0 Å². The number of rotatable bonds is 9. The minimum Gasteiger partial charge on any atom is -0.493 e. The van der Waals surface area contributed by atoms with Crippen molar-refractivity contribution in [2.75, 3.05) is 25.6 Å². The van der Waals surface area contributed by atoms with E-state index in [1.165, 1.54) is 0 Å². The van der Waals surface area contributed by atoms with Crippen LogP contribution in [0.5, 0.6) is 11.5 Å². The van der Waals surface area contributed by atoms with E-state index in [2.05, 4.69) is 0 Å². The number of hydrogen-bond acceptors (Lipinski definition) is 5. The van der Waals surface area contributed by atoms with Crippen molar-refractivity contribution in [1.82, 2.24) is 0 Å². The van der Waals surface area contributed by atoms with Crippen LogP contribution in [0.4, 0.5) is 5.69 Å². The Bertz CT molecular complexity index is 700. The van der Waals surface area contributed by atoms with Gasteiger partial charge in [-0.2, -0.15) is 0 Å². The molecule has 5 nitrogen and oxygen atoms in total. The summed E-state index contributed by atoms with van der Waals surface area (Å²) in [5.41, 5.74) is 7.97. The average Bonchev–Trinajstić information content (AvgIpc) is 2.61. The van der Waals surface area contributed by atoms with E-state index in [9.17, 15) is 4.79 Å². The van der Waals surface area contributed by atoms with Crippen LogP contribution in [0.15, 0.2) is 42.5 Å². The van der Waals surface area contributed by atoms with E-state index in [1.54, 1.807) is 25.1 Å². The molecule has 25 heavy (non-hydrogen) atoms. The number of ether oxygens (including phenoxy) is 3. The highest BCUT2D eigenvalue weighted by Crippen LogP contribution is 2.23. The fourth-order valence-corrected chi connectivity index (χ4v) is 2.29. The maximum absolute atomic E-state index is 11.8. The highest BCUT2D eigenvalue weighted by molar-refractivity contribution is 5.90. The number of carbonyl (C=O) groups excluding carboxylic acids is 1. The summed E-state index contributed by atoms with van der Waals surface area (Å²) in [6.07, 6.45) is 1.70. The first-order chi connectivity index (χ1) is 12.1. The van der Waals surface area contributed by atoms with Crippen molar-refractivity contribution < 1.29 is 19.0 Å². The summed E-state index contributed by atoms with van der Waals surface area (Å²) in [6, 6.07) is 12.9. The van der Waals surface area contributed by atoms with E-state index in [-0.39, 0.29) is 5.97 Å². The van der Waals surface area contributed by atoms with E-state index in [0.717, 1.165) is 24.2 Å². The molecule has 0 saturated heterocycles. The van der Waals surface area contributed by atoms with Gasteiger partial charge in [-0.05, 0) is 56.5 Å². The molecule has 0 saturated carbocycles. The Kier molecular flexibility index (Phi) is 7.14. The molecule has 0 spiro atoms. The second-order valence-corrected chi connectivity index (χ2v) is 5.64. The van der Waals surface area contributed by atoms with Gasteiger partial charge < -0.3 is 19.9 Å². The van der Waals surface area contributed by atoms with Crippen LogP contribution in [0.3, 0.4) is 0 Å². The van der Waals surface area contributed by atoms with Crippen molar-refractivity contribution in [2.24, 2.45) is 0 Å². The number of unbranched alkanes of at least 4 members (excludes halogenated alkanes) is 1. The molecule has 2 N–H and O–H groups in total. The van der Waals surface area contributed by atoms with E-state index in [4.69, 9.17) is 19.9 Å². The number of anilines is 1. The Balaban J connectivity index is 1.75. The summed E-state index contributed by atoms with van der Waals surface area (Å²) in [7, 11) is 0. The summed E-state index contributed by atoms with van der Waals surface area (Å²) in [6.45, 7) is 5.27. The predicted molar refractivity (Wildman–Crippen MR) is 98.2 cm³/mol. The number of carbonyl (C=O) groups is 1. The molecular formula is C20H25NO4. The quantitative estimate of drug-likeness (QED) is 0.423. The van der Waals surface area contributed by atoms with Crippen molar-refractivity contribution in [3.8, 4) is 11.5 Å². The van der Waals surface area contributed by atoms with Crippen LogP contribution < -0.4 is 15.2 Å². The molecule has 0 bridgehead atoms. The van der Waals surface area contributed by atoms with Gasteiger partial charge in [-0.1, -0.05) is 18.2 Å². The fourth-order valence-electron chi connectivity index (χ4n) is 2.29. The Morgan fingerprint density at radius 1 is 1.00 bits per heavy atom. The third-order valence-corrected chi connectivity index (χ3v) is 3.67. The first-order valence-corrected chi connectivity index (χ1v) is 8.49. The van der Waals surface area contributed by atoms with E-state index in [1.807, 2.05) is 31.2 Å². The van der Waals surface area contributed by atoms with Crippen LogP contribution in [0.1, 0.15) is 35.7 Å². The Labute approximate surface area is 148 Å². The van der Waals surface area contributed by atoms with Crippen LogP contribution in [-0.4, -0.2) is 25.8 Å². The number of benzene rings is 2. The number of para-hydroxylation sites is 1. The Morgan fingerprint density at radius 2 is 1.68 bits per heavy atom. The molecule has 134 valence electrons. The van der Waals surface area contributed by atoms with Gasteiger partial charge in [0.2, 0.25) is 0 Å². The molecule has 2 rings (SSSR count). The lowest BCUT2D eigenvalue weighted by Crippen LogP contribution is -2.07.